The Hall–Kier alpha value is -4.97. The number of amides is 4. The highest BCUT2D eigenvalue weighted by molar-refractivity contribution is 5.98. The van der Waals surface area contributed by atoms with Crippen LogP contribution in [0.2, 0.25) is 0 Å². The molecule has 0 aliphatic rings. The lowest BCUT2D eigenvalue weighted by molar-refractivity contribution is -0.148. The van der Waals surface area contributed by atoms with Gasteiger partial charge < -0.3 is 51.5 Å². The standard InChI is InChI=1S/C21H30N4O15/c1-21(2,3)40-20(39)25-10(6-14(30)31)18(36)23-8(4-12(26)27)16(34)22-9(5-13(28)29)17(35)24-11(19(37)38)7-15(32)33/h8-11H,4-7H2,1-3H3,(H,22,34)(H,23,36)(H,24,35)(H,25,39)(H,26,27)(H,28,29)(H,30,31)(H,32,33)(H,37,38)/t8-,9-,10-,11-/m0/s1. The van der Waals surface area contributed by atoms with Gasteiger partial charge in [-0.05, 0) is 20.8 Å². The van der Waals surface area contributed by atoms with Crippen LogP contribution in [-0.2, 0) is 43.1 Å². The SMILES string of the molecule is CC(C)(C)OC(=O)N[C@@H](CC(=O)O)C(=O)N[C@@H](CC(=O)O)C(=O)N[C@@H](CC(=O)O)C(=O)N[C@@H](CC(=O)O)C(=O)O. The quantitative estimate of drug-likeness (QED) is 0.0900. The van der Waals surface area contributed by atoms with Crippen LogP contribution < -0.4 is 21.3 Å². The number of carbonyl (C=O) groups is 9. The molecule has 40 heavy (non-hydrogen) atoms. The predicted octanol–water partition coefficient (Wildman–Crippen LogP) is -2.68. The molecule has 0 bridgehead atoms. The van der Waals surface area contributed by atoms with Gasteiger partial charge in [-0.25, -0.2) is 9.59 Å². The monoisotopic (exact) mass is 578 g/mol. The Morgan fingerprint density at radius 1 is 0.525 bits per heavy atom. The van der Waals surface area contributed by atoms with E-state index in [1.54, 1.807) is 5.32 Å². The fourth-order valence-electron chi connectivity index (χ4n) is 2.79. The van der Waals surface area contributed by atoms with Crippen LogP contribution in [0.15, 0.2) is 0 Å². The van der Waals surface area contributed by atoms with Crippen LogP contribution in [0.1, 0.15) is 46.5 Å². The van der Waals surface area contributed by atoms with Crippen molar-refractivity contribution in [3.8, 4) is 0 Å². The summed E-state index contributed by atoms with van der Waals surface area (Å²) in [5.41, 5.74) is -1.05. The summed E-state index contributed by atoms with van der Waals surface area (Å²) in [6, 6.07) is -8.02. The molecule has 4 amide bonds. The van der Waals surface area contributed by atoms with E-state index in [-0.39, 0.29) is 0 Å². The third kappa shape index (κ3) is 14.7. The van der Waals surface area contributed by atoms with Crippen LogP contribution in [0.25, 0.3) is 0 Å². The van der Waals surface area contributed by atoms with Crippen LogP contribution in [-0.4, -0.2) is 109 Å². The van der Waals surface area contributed by atoms with Gasteiger partial charge in [0.05, 0.1) is 25.7 Å². The smallest absolute Gasteiger partial charge is 0.408 e. The highest BCUT2D eigenvalue weighted by atomic mass is 16.6. The van der Waals surface area contributed by atoms with Gasteiger partial charge in [0.15, 0.2) is 0 Å². The molecule has 0 radical (unpaired) electrons. The molecule has 0 aromatic heterocycles. The second kappa shape index (κ2) is 15.4. The molecule has 0 heterocycles. The molecule has 0 aliphatic carbocycles. The van der Waals surface area contributed by atoms with Crippen molar-refractivity contribution >= 4 is 53.7 Å². The number of ether oxygens (including phenoxy) is 1. The molecule has 0 spiro atoms. The molecule has 0 unspecified atom stereocenters. The minimum Gasteiger partial charge on any atom is -0.481 e. The minimum absolute atomic E-state index is 1.03. The zero-order valence-corrected chi connectivity index (χ0v) is 21.5. The summed E-state index contributed by atoms with van der Waals surface area (Å²) < 4.78 is 4.93. The van der Waals surface area contributed by atoms with Crippen molar-refractivity contribution in [3.05, 3.63) is 0 Å². The molecule has 19 nitrogen and oxygen atoms in total. The maximum absolute atomic E-state index is 12.8. The number of alkyl carbamates (subject to hydrolysis) is 1. The van der Waals surface area contributed by atoms with Gasteiger partial charge in [0.25, 0.3) is 0 Å². The van der Waals surface area contributed by atoms with Crippen LogP contribution in [0.3, 0.4) is 0 Å². The highest BCUT2D eigenvalue weighted by Crippen LogP contribution is 2.08. The largest absolute Gasteiger partial charge is 0.481 e. The van der Waals surface area contributed by atoms with Gasteiger partial charge >= 0.3 is 35.9 Å². The summed E-state index contributed by atoms with van der Waals surface area (Å²) in [4.78, 5) is 106. The fourth-order valence-corrected chi connectivity index (χ4v) is 2.79. The van der Waals surface area contributed by atoms with Gasteiger partial charge in [0, 0.05) is 0 Å². The summed E-state index contributed by atoms with van der Waals surface area (Å²) in [5, 5.41) is 52.5. The summed E-state index contributed by atoms with van der Waals surface area (Å²) in [6.45, 7) is 4.41. The van der Waals surface area contributed by atoms with Crippen molar-refractivity contribution in [2.24, 2.45) is 0 Å². The first-order valence-electron chi connectivity index (χ1n) is 11.2. The molecule has 0 rings (SSSR count). The molecule has 0 aromatic rings. The predicted molar refractivity (Wildman–Crippen MR) is 126 cm³/mol. The lowest BCUT2D eigenvalue weighted by Crippen LogP contribution is -2.58. The van der Waals surface area contributed by atoms with Gasteiger partial charge in [-0.1, -0.05) is 0 Å². The number of hydrogen-bond donors (Lipinski definition) is 9. The second-order valence-corrected chi connectivity index (χ2v) is 9.11. The Kier molecular flexibility index (Phi) is 13.5. The Morgan fingerprint density at radius 3 is 1.07 bits per heavy atom. The van der Waals surface area contributed by atoms with E-state index < -0.39 is 109 Å². The van der Waals surface area contributed by atoms with E-state index in [0.717, 1.165) is 0 Å². The summed E-state index contributed by atoms with van der Waals surface area (Å²) >= 11 is 0. The fraction of sp³-hybridized carbons (Fsp3) is 0.571. The van der Waals surface area contributed by atoms with E-state index >= 15 is 0 Å². The molecule has 4 atom stereocenters. The van der Waals surface area contributed by atoms with Crippen molar-refractivity contribution in [2.45, 2.75) is 76.2 Å². The molecule has 19 heteroatoms. The molecule has 0 aliphatic heterocycles. The number of aliphatic carboxylic acids is 5. The molecule has 0 saturated heterocycles. The van der Waals surface area contributed by atoms with Gasteiger partial charge in [-0.2, -0.15) is 0 Å². The Bertz CT molecular complexity index is 1040. The van der Waals surface area contributed by atoms with Crippen LogP contribution in [0, 0.1) is 0 Å². The minimum atomic E-state index is -2.07. The van der Waals surface area contributed by atoms with E-state index in [2.05, 4.69) is 0 Å². The van der Waals surface area contributed by atoms with Crippen LogP contribution in [0.4, 0.5) is 4.79 Å². The lowest BCUT2D eigenvalue weighted by Gasteiger charge is -2.25. The van der Waals surface area contributed by atoms with Crippen LogP contribution in [0.5, 0.6) is 0 Å². The molecular formula is C21H30N4O15. The highest BCUT2D eigenvalue weighted by Gasteiger charge is 2.34. The van der Waals surface area contributed by atoms with E-state index in [0.29, 0.717) is 0 Å². The topological polar surface area (TPSA) is 312 Å². The second-order valence-electron chi connectivity index (χ2n) is 9.11. The van der Waals surface area contributed by atoms with E-state index in [1.165, 1.54) is 20.8 Å². The first-order chi connectivity index (χ1) is 18.2. The first kappa shape index (κ1) is 35.0. The van der Waals surface area contributed by atoms with Gasteiger partial charge in [0.1, 0.15) is 29.8 Å². The van der Waals surface area contributed by atoms with Gasteiger partial charge in [-0.3, -0.25) is 33.6 Å². The summed E-state index contributed by atoms with van der Waals surface area (Å²) in [7, 11) is 0. The number of rotatable bonds is 16. The van der Waals surface area contributed by atoms with Crippen LogP contribution >= 0.6 is 0 Å². The Labute approximate surface area is 225 Å². The normalized spacial score (nSPS) is 13.8. The zero-order chi connectivity index (χ0) is 31.4. The average Bonchev–Trinajstić information content (AvgIpc) is 2.74. The van der Waals surface area contributed by atoms with Gasteiger partial charge in [-0.15, -0.1) is 0 Å². The van der Waals surface area contributed by atoms with Crippen molar-refractivity contribution in [1.82, 2.24) is 21.3 Å². The van der Waals surface area contributed by atoms with E-state index in [1.807, 2.05) is 16.0 Å². The Balaban J connectivity index is 5.90. The first-order valence-corrected chi connectivity index (χ1v) is 11.2. The molecule has 9 N–H and O–H groups in total. The van der Waals surface area contributed by atoms with Crippen molar-refractivity contribution in [1.29, 1.82) is 0 Å². The van der Waals surface area contributed by atoms with E-state index in [4.69, 9.17) is 30.3 Å². The third-order valence-electron chi connectivity index (χ3n) is 4.40. The zero-order valence-electron chi connectivity index (χ0n) is 21.5. The number of nitrogens with one attached hydrogen (secondary N) is 4. The summed E-state index contributed by atoms with van der Waals surface area (Å²) in [6.07, 6.45) is -5.70. The molecular weight excluding hydrogens is 548 g/mol. The third-order valence-corrected chi connectivity index (χ3v) is 4.40. The lowest BCUT2D eigenvalue weighted by atomic mass is 10.1. The maximum Gasteiger partial charge on any atom is 0.408 e. The molecule has 0 aromatic carbocycles. The van der Waals surface area contributed by atoms with Gasteiger partial charge in [0.2, 0.25) is 17.7 Å². The molecule has 224 valence electrons. The van der Waals surface area contributed by atoms with Crippen molar-refractivity contribution in [2.75, 3.05) is 0 Å². The average molecular weight is 578 g/mol. The number of carboxylic acids is 5. The number of hydrogen-bond acceptors (Lipinski definition) is 10. The van der Waals surface area contributed by atoms with Crippen molar-refractivity contribution in [3.63, 3.8) is 0 Å². The maximum atomic E-state index is 12.8. The Morgan fingerprint density at radius 2 is 0.800 bits per heavy atom. The van der Waals surface area contributed by atoms with E-state index in [9.17, 15) is 43.2 Å². The molecule has 0 saturated carbocycles. The number of carbonyl (C=O) groups excluding carboxylic acids is 4. The summed E-state index contributed by atoms with van der Waals surface area (Å²) in [5.74, 6) is -12.7. The molecule has 0 fully saturated rings. The van der Waals surface area contributed by atoms with Crippen molar-refractivity contribution < 1.29 is 73.4 Å². The number of carboxylic acid groups (broad SMARTS) is 5.